The first-order valence-corrected chi connectivity index (χ1v) is 6.05. The fourth-order valence-electron chi connectivity index (χ4n) is 1.86. The van der Waals surface area contributed by atoms with E-state index in [4.69, 9.17) is 32.7 Å². The summed E-state index contributed by atoms with van der Waals surface area (Å²) >= 11 is 11.9. The maximum Gasteiger partial charge on any atom is 0.164 e. The summed E-state index contributed by atoms with van der Waals surface area (Å²) in [6.45, 7) is 4.24. The lowest BCUT2D eigenvalue weighted by atomic mass is 9.97. The highest BCUT2D eigenvalue weighted by molar-refractivity contribution is 6.30. The van der Waals surface area contributed by atoms with Gasteiger partial charge in [-0.3, -0.25) is 0 Å². The minimum absolute atomic E-state index is 0.359. The molecule has 1 aromatic rings. The van der Waals surface area contributed by atoms with E-state index in [2.05, 4.69) is 0 Å². The molecule has 1 aliphatic heterocycles. The summed E-state index contributed by atoms with van der Waals surface area (Å²) < 4.78 is 11.5. The van der Waals surface area contributed by atoms with Crippen LogP contribution in [0.2, 0.25) is 5.02 Å². The summed E-state index contributed by atoms with van der Waals surface area (Å²) in [5.74, 6) is -0.230. The lowest BCUT2D eigenvalue weighted by molar-refractivity contribution is -0.158. The Labute approximate surface area is 105 Å². The van der Waals surface area contributed by atoms with Crippen molar-refractivity contribution in [3.05, 3.63) is 34.9 Å². The summed E-state index contributed by atoms with van der Waals surface area (Å²) in [5, 5.41) is 0.701. The average molecular weight is 261 g/mol. The van der Waals surface area contributed by atoms with Crippen molar-refractivity contribution in [3.63, 3.8) is 0 Å². The van der Waals surface area contributed by atoms with Gasteiger partial charge in [-0.15, -0.1) is 11.6 Å². The fraction of sp³-hybridized carbons (Fsp3) is 0.500. The molecule has 1 fully saturated rings. The average Bonchev–Trinajstić information content (AvgIpc) is 2.57. The highest BCUT2D eigenvalue weighted by Gasteiger charge is 2.46. The predicted octanol–water partition coefficient (Wildman–Crippen LogP) is 3.56. The summed E-state index contributed by atoms with van der Waals surface area (Å²) in [6, 6.07) is 7.52. The van der Waals surface area contributed by atoms with Crippen LogP contribution < -0.4 is 0 Å². The van der Waals surface area contributed by atoms with E-state index in [-0.39, 0.29) is 0 Å². The van der Waals surface area contributed by atoms with Gasteiger partial charge in [0.1, 0.15) is 5.60 Å². The van der Waals surface area contributed by atoms with Crippen molar-refractivity contribution in [1.82, 2.24) is 0 Å². The van der Waals surface area contributed by atoms with Crippen LogP contribution in [0.5, 0.6) is 0 Å². The zero-order valence-electron chi connectivity index (χ0n) is 9.30. The van der Waals surface area contributed by atoms with E-state index < -0.39 is 11.4 Å². The molecule has 16 heavy (non-hydrogen) atoms. The van der Waals surface area contributed by atoms with Crippen LogP contribution in [0.25, 0.3) is 0 Å². The monoisotopic (exact) mass is 260 g/mol. The number of rotatable bonds is 2. The molecule has 88 valence electrons. The van der Waals surface area contributed by atoms with Crippen LogP contribution in [0.1, 0.15) is 19.4 Å². The molecule has 0 amide bonds. The third-order valence-electron chi connectivity index (χ3n) is 2.68. The minimum atomic E-state index is -0.589. The lowest BCUT2D eigenvalue weighted by Gasteiger charge is -2.27. The maximum absolute atomic E-state index is 6.03. The number of hydrogen-bond donors (Lipinski definition) is 0. The Morgan fingerprint density at radius 1 is 1.25 bits per heavy atom. The zero-order chi connectivity index (χ0) is 11.8. The van der Waals surface area contributed by atoms with E-state index in [1.54, 1.807) is 0 Å². The first-order chi connectivity index (χ1) is 7.47. The molecule has 0 bridgehead atoms. The lowest BCUT2D eigenvalue weighted by Crippen LogP contribution is -2.33. The second-order valence-corrected chi connectivity index (χ2v) is 5.13. The van der Waals surface area contributed by atoms with Gasteiger partial charge in [-0.2, -0.15) is 0 Å². The van der Waals surface area contributed by atoms with E-state index in [9.17, 15) is 0 Å². The van der Waals surface area contributed by atoms with Crippen molar-refractivity contribution in [1.29, 1.82) is 0 Å². The highest BCUT2D eigenvalue weighted by atomic mass is 35.5. The molecule has 1 aromatic carbocycles. The summed E-state index contributed by atoms with van der Waals surface area (Å²) in [7, 11) is 0. The Morgan fingerprint density at radius 2 is 1.88 bits per heavy atom. The van der Waals surface area contributed by atoms with Gasteiger partial charge in [-0.1, -0.05) is 23.7 Å². The SMILES string of the molecule is CC1(C)OCC(CCl)(c2ccc(Cl)cc2)O1. The van der Waals surface area contributed by atoms with Gasteiger partial charge in [0.25, 0.3) is 0 Å². The molecule has 1 unspecified atom stereocenters. The number of alkyl halides is 1. The Morgan fingerprint density at radius 3 is 2.31 bits per heavy atom. The van der Waals surface area contributed by atoms with Crippen molar-refractivity contribution >= 4 is 23.2 Å². The van der Waals surface area contributed by atoms with E-state index in [0.717, 1.165) is 5.56 Å². The Hall–Kier alpha value is -0.280. The van der Waals surface area contributed by atoms with Gasteiger partial charge in [0, 0.05) is 5.02 Å². The molecule has 0 radical (unpaired) electrons. The molecular formula is C12H14Cl2O2. The zero-order valence-corrected chi connectivity index (χ0v) is 10.8. The van der Waals surface area contributed by atoms with Gasteiger partial charge >= 0.3 is 0 Å². The van der Waals surface area contributed by atoms with Crippen LogP contribution in [0.15, 0.2) is 24.3 Å². The molecule has 0 aromatic heterocycles. The van der Waals surface area contributed by atoms with Crippen molar-refractivity contribution in [2.24, 2.45) is 0 Å². The van der Waals surface area contributed by atoms with Crippen LogP contribution >= 0.6 is 23.2 Å². The van der Waals surface area contributed by atoms with Gasteiger partial charge in [-0.05, 0) is 31.5 Å². The second kappa shape index (κ2) is 4.19. The van der Waals surface area contributed by atoms with Crippen molar-refractivity contribution in [2.45, 2.75) is 25.2 Å². The maximum atomic E-state index is 6.03. The summed E-state index contributed by atoms with van der Waals surface area (Å²) in [5.41, 5.74) is 0.438. The molecule has 0 saturated carbocycles. The molecule has 2 nitrogen and oxygen atoms in total. The van der Waals surface area contributed by atoms with E-state index in [1.807, 2.05) is 38.1 Å². The molecule has 1 atom stereocenters. The second-order valence-electron chi connectivity index (χ2n) is 4.43. The highest BCUT2D eigenvalue weighted by Crippen LogP contribution is 2.39. The quantitative estimate of drug-likeness (QED) is 0.758. The molecule has 0 aliphatic carbocycles. The first kappa shape index (κ1) is 12.2. The van der Waals surface area contributed by atoms with Crippen LogP contribution in [0.4, 0.5) is 0 Å². The standard InChI is InChI=1S/C12H14Cl2O2/c1-11(2)15-8-12(7-13,16-11)9-3-5-10(14)6-4-9/h3-6H,7-8H2,1-2H3. The van der Waals surface area contributed by atoms with Crippen molar-refractivity contribution in [2.75, 3.05) is 12.5 Å². The number of halogens is 2. The number of ether oxygens (including phenoxy) is 2. The smallest absolute Gasteiger partial charge is 0.164 e. The van der Waals surface area contributed by atoms with E-state index in [0.29, 0.717) is 17.5 Å². The largest absolute Gasteiger partial charge is 0.347 e. The van der Waals surface area contributed by atoms with Crippen molar-refractivity contribution in [3.8, 4) is 0 Å². The van der Waals surface area contributed by atoms with Gasteiger partial charge < -0.3 is 9.47 Å². The van der Waals surface area contributed by atoms with Crippen molar-refractivity contribution < 1.29 is 9.47 Å². The topological polar surface area (TPSA) is 18.5 Å². The van der Waals surface area contributed by atoms with E-state index >= 15 is 0 Å². The molecule has 4 heteroatoms. The molecule has 1 heterocycles. The molecule has 0 N–H and O–H groups in total. The van der Waals surface area contributed by atoms with E-state index in [1.165, 1.54) is 0 Å². The van der Waals surface area contributed by atoms with Crippen LogP contribution in [-0.4, -0.2) is 18.3 Å². The Balaban J connectivity index is 2.33. The van der Waals surface area contributed by atoms with Gasteiger partial charge in [-0.25, -0.2) is 0 Å². The number of benzene rings is 1. The van der Waals surface area contributed by atoms with Gasteiger partial charge in [0.15, 0.2) is 5.79 Å². The van der Waals surface area contributed by atoms with Gasteiger partial charge in [0.05, 0.1) is 12.5 Å². The molecular weight excluding hydrogens is 247 g/mol. The molecule has 2 rings (SSSR count). The third-order valence-corrected chi connectivity index (χ3v) is 3.36. The summed E-state index contributed by atoms with van der Waals surface area (Å²) in [4.78, 5) is 0. The number of hydrogen-bond acceptors (Lipinski definition) is 2. The van der Waals surface area contributed by atoms with Crippen LogP contribution in [-0.2, 0) is 15.1 Å². The van der Waals surface area contributed by atoms with Gasteiger partial charge in [0.2, 0.25) is 0 Å². The predicted molar refractivity (Wildman–Crippen MR) is 65.0 cm³/mol. The Bertz CT molecular complexity index is 375. The molecule has 1 saturated heterocycles. The fourth-order valence-corrected chi connectivity index (χ4v) is 2.27. The molecule has 0 spiro atoms. The third kappa shape index (κ3) is 2.21. The normalized spacial score (nSPS) is 28.2. The summed E-state index contributed by atoms with van der Waals surface area (Å²) in [6.07, 6.45) is 0. The molecule has 1 aliphatic rings. The first-order valence-electron chi connectivity index (χ1n) is 5.14. The van der Waals surface area contributed by atoms with Crippen LogP contribution in [0, 0.1) is 0 Å². The Kier molecular flexibility index (Phi) is 3.19. The minimum Gasteiger partial charge on any atom is -0.347 e. The van der Waals surface area contributed by atoms with Crippen LogP contribution in [0.3, 0.4) is 0 Å².